The van der Waals surface area contributed by atoms with E-state index in [2.05, 4.69) is 0 Å². The van der Waals surface area contributed by atoms with E-state index < -0.39 is 28.3 Å². The van der Waals surface area contributed by atoms with E-state index in [0.717, 1.165) is 0 Å². The van der Waals surface area contributed by atoms with Gasteiger partial charge in [0.2, 0.25) is 15.9 Å². The van der Waals surface area contributed by atoms with Gasteiger partial charge in [0.05, 0.1) is 12.2 Å². The quantitative estimate of drug-likeness (QED) is 0.756. The largest absolute Gasteiger partial charge is 0.340 e. The number of amides is 1. The van der Waals surface area contributed by atoms with E-state index >= 15 is 0 Å². The maximum absolute atomic E-state index is 12.7. The molecule has 1 saturated heterocycles. The molecule has 1 fully saturated rings. The third-order valence-electron chi connectivity index (χ3n) is 2.81. The van der Waals surface area contributed by atoms with Crippen LogP contribution >= 0.6 is 0 Å². The average Bonchev–Trinajstić information content (AvgIpc) is 2.27. The number of piperazine rings is 1. The van der Waals surface area contributed by atoms with Gasteiger partial charge in [-0.3, -0.25) is 4.79 Å². The lowest BCUT2D eigenvalue weighted by Gasteiger charge is -2.34. The van der Waals surface area contributed by atoms with Crippen LogP contribution < -0.4 is 0 Å². The number of sulfonamides is 1. The molecular weight excluding hydrogens is 266 g/mol. The minimum Gasteiger partial charge on any atom is -0.340 e. The van der Waals surface area contributed by atoms with Crippen molar-refractivity contribution in [2.24, 2.45) is 0 Å². The van der Waals surface area contributed by atoms with E-state index in [1.165, 1.54) is 9.21 Å². The predicted octanol–water partition coefficient (Wildman–Crippen LogP) is 0.526. The van der Waals surface area contributed by atoms with Gasteiger partial charge in [-0.05, 0) is 13.8 Å². The molecule has 1 aliphatic heterocycles. The number of carbonyl (C=O) groups is 1. The fourth-order valence-corrected chi connectivity index (χ4v) is 2.86. The minimum atomic E-state index is -3.26. The van der Waals surface area contributed by atoms with Crippen LogP contribution in [-0.2, 0) is 14.8 Å². The molecule has 5 nitrogen and oxygen atoms in total. The number of alkyl halides is 2. The smallest absolute Gasteiger partial charge is 0.254 e. The summed E-state index contributed by atoms with van der Waals surface area (Å²) >= 11 is 0. The van der Waals surface area contributed by atoms with Crippen molar-refractivity contribution in [3.05, 3.63) is 0 Å². The average molecular weight is 284 g/mol. The van der Waals surface area contributed by atoms with Gasteiger partial charge in [0.15, 0.2) is 0 Å². The van der Waals surface area contributed by atoms with E-state index in [1.807, 2.05) is 0 Å². The van der Waals surface area contributed by atoms with E-state index in [0.29, 0.717) is 6.92 Å². The van der Waals surface area contributed by atoms with E-state index in [-0.39, 0.29) is 31.9 Å². The molecular formula is C10H18F2N2O3S. The molecule has 1 aliphatic rings. The summed E-state index contributed by atoms with van der Waals surface area (Å²) in [5.41, 5.74) is 0. The number of nitrogens with zero attached hydrogens (tertiary/aromatic N) is 2. The summed E-state index contributed by atoms with van der Waals surface area (Å²) in [6.07, 6.45) is -0.826. The van der Waals surface area contributed by atoms with Crippen LogP contribution in [0.25, 0.3) is 0 Å². The van der Waals surface area contributed by atoms with Crippen molar-refractivity contribution in [2.45, 2.75) is 26.2 Å². The predicted molar refractivity (Wildman–Crippen MR) is 62.9 cm³/mol. The summed E-state index contributed by atoms with van der Waals surface area (Å²) in [6.45, 7) is 2.95. The highest BCUT2D eigenvalue weighted by atomic mass is 32.2. The van der Waals surface area contributed by atoms with Gasteiger partial charge >= 0.3 is 0 Å². The van der Waals surface area contributed by atoms with Crippen molar-refractivity contribution in [2.75, 3.05) is 31.9 Å². The highest BCUT2D eigenvalue weighted by Gasteiger charge is 2.32. The summed E-state index contributed by atoms with van der Waals surface area (Å²) in [5, 5.41) is 0. The standard InChI is InChI=1S/C10H18F2N2O3S/c1-3-18(16,17)14-6-4-13(5-7-14)9(15)8-10(2,11)12/h3-8H2,1-2H3. The molecule has 1 amide bonds. The first-order valence-electron chi connectivity index (χ1n) is 5.79. The zero-order valence-electron chi connectivity index (χ0n) is 10.5. The van der Waals surface area contributed by atoms with Gasteiger partial charge < -0.3 is 4.90 Å². The molecule has 0 aromatic carbocycles. The summed E-state index contributed by atoms with van der Waals surface area (Å²) in [6, 6.07) is 0. The first-order chi connectivity index (χ1) is 8.15. The van der Waals surface area contributed by atoms with E-state index in [9.17, 15) is 22.0 Å². The monoisotopic (exact) mass is 284 g/mol. The maximum Gasteiger partial charge on any atom is 0.254 e. The zero-order chi connectivity index (χ0) is 14.0. The summed E-state index contributed by atoms with van der Waals surface area (Å²) in [5.74, 6) is -3.64. The molecule has 0 aliphatic carbocycles. The van der Waals surface area contributed by atoms with Gasteiger partial charge in [-0.2, -0.15) is 4.31 Å². The van der Waals surface area contributed by atoms with Crippen molar-refractivity contribution < 1.29 is 22.0 Å². The Bertz CT molecular complexity index is 398. The molecule has 0 spiro atoms. The molecule has 0 saturated carbocycles. The van der Waals surface area contributed by atoms with Crippen LogP contribution in [0.15, 0.2) is 0 Å². The number of carbonyl (C=O) groups excluding carboxylic acids is 1. The SMILES string of the molecule is CCS(=O)(=O)N1CCN(C(=O)CC(C)(F)F)CC1. The second kappa shape index (κ2) is 5.48. The van der Waals surface area contributed by atoms with Gasteiger partial charge in [0.25, 0.3) is 5.92 Å². The van der Waals surface area contributed by atoms with Gasteiger partial charge in [0, 0.05) is 26.2 Å². The van der Waals surface area contributed by atoms with Gasteiger partial charge in [-0.25, -0.2) is 17.2 Å². The van der Waals surface area contributed by atoms with Crippen LogP contribution in [0.1, 0.15) is 20.3 Å². The number of rotatable bonds is 4. The summed E-state index contributed by atoms with van der Waals surface area (Å²) < 4.78 is 49.8. The van der Waals surface area contributed by atoms with Crippen LogP contribution in [0.2, 0.25) is 0 Å². The molecule has 0 bridgehead atoms. The molecule has 8 heteroatoms. The number of hydrogen-bond donors (Lipinski definition) is 0. The topological polar surface area (TPSA) is 57.7 Å². The Morgan fingerprint density at radius 1 is 1.22 bits per heavy atom. The molecule has 18 heavy (non-hydrogen) atoms. The zero-order valence-corrected chi connectivity index (χ0v) is 11.3. The lowest BCUT2D eigenvalue weighted by atomic mass is 10.2. The molecule has 106 valence electrons. The number of hydrogen-bond acceptors (Lipinski definition) is 3. The Morgan fingerprint density at radius 3 is 2.11 bits per heavy atom. The maximum atomic E-state index is 12.7. The Hall–Kier alpha value is -0.760. The van der Waals surface area contributed by atoms with Crippen molar-refractivity contribution >= 4 is 15.9 Å². The van der Waals surface area contributed by atoms with Crippen LogP contribution in [0.4, 0.5) is 8.78 Å². The normalized spacial score (nSPS) is 19.0. The Kier molecular flexibility index (Phi) is 4.66. The Balaban J connectivity index is 2.52. The fourth-order valence-electron chi connectivity index (χ4n) is 1.78. The lowest BCUT2D eigenvalue weighted by molar-refractivity contribution is -0.138. The Morgan fingerprint density at radius 2 is 1.72 bits per heavy atom. The Labute approximate surface area is 106 Å². The van der Waals surface area contributed by atoms with Gasteiger partial charge in [-0.15, -0.1) is 0 Å². The molecule has 0 unspecified atom stereocenters. The van der Waals surface area contributed by atoms with Crippen LogP contribution in [0, 0.1) is 0 Å². The molecule has 0 aromatic rings. The van der Waals surface area contributed by atoms with Crippen molar-refractivity contribution in [3.8, 4) is 0 Å². The lowest BCUT2D eigenvalue weighted by Crippen LogP contribution is -2.51. The highest BCUT2D eigenvalue weighted by Crippen LogP contribution is 2.19. The molecule has 1 heterocycles. The summed E-state index contributed by atoms with van der Waals surface area (Å²) in [7, 11) is -3.26. The minimum absolute atomic E-state index is 0.00791. The van der Waals surface area contributed by atoms with Gasteiger partial charge in [-0.1, -0.05) is 0 Å². The van der Waals surface area contributed by atoms with E-state index in [4.69, 9.17) is 0 Å². The molecule has 0 atom stereocenters. The molecule has 1 rings (SSSR count). The first kappa shape index (κ1) is 15.3. The third-order valence-corrected chi connectivity index (χ3v) is 4.69. The highest BCUT2D eigenvalue weighted by molar-refractivity contribution is 7.89. The first-order valence-corrected chi connectivity index (χ1v) is 7.40. The van der Waals surface area contributed by atoms with E-state index in [1.54, 1.807) is 6.92 Å². The second-order valence-electron chi connectivity index (χ2n) is 4.43. The van der Waals surface area contributed by atoms with Gasteiger partial charge in [0.1, 0.15) is 0 Å². The summed E-state index contributed by atoms with van der Waals surface area (Å²) in [4.78, 5) is 12.8. The van der Waals surface area contributed by atoms with Crippen molar-refractivity contribution in [3.63, 3.8) is 0 Å². The second-order valence-corrected chi connectivity index (χ2v) is 6.68. The van der Waals surface area contributed by atoms with Crippen LogP contribution in [-0.4, -0.2) is 61.4 Å². The molecule has 0 radical (unpaired) electrons. The fraction of sp³-hybridized carbons (Fsp3) is 0.900. The molecule has 0 aromatic heterocycles. The molecule has 0 N–H and O–H groups in total. The third kappa shape index (κ3) is 4.16. The van der Waals surface area contributed by atoms with Crippen LogP contribution in [0.5, 0.6) is 0 Å². The number of halogens is 2. The van der Waals surface area contributed by atoms with Crippen LogP contribution in [0.3, 0.4) is 0 Å². The van der Waals surface area contributed by atoms with Crippen molar-refractivity contribution in [1.29, 1.82) is 0 Å². The van der Waals surface area contributed by atoms with Crippen molar-refractivity contribution in [1.82, 2.24) is 9.21 Å².